The van der Waals surface area contributed by atoms with Crippen molar-refractivity contribution in [3.63, 3.8) is 0 Å². The van der Waals surface area contributed by atoms with Crippen molar-refractivity contribution in [2.24, 2.45) is 0 Å². The van der Waals surface area contributed by atoms with Gasteiger partial charge >= 0.3 is 5.91 Å². The number of pyridine rings is 1. The molecule has 2 aromatic carbocycles. The standard InChI is InChI=1S/C29H20Cl3N5O3S2/c1-14-6-5-11-36-15(2)22(33-26(14)36)24(38)21-23(16-9-10-19(31)20(32)12-16)37(27(40)25(21)39)28-34-35-29(42-28)41-13-17-7-3-4-8-18(17)30/h3-12,23,38H,13H2,1-2H3. The minimum absolute atomic E-state index is 0.136. The van der Waals surface area contributed by atoms with Gasteiger partial charge in [-0.3, -0.25) is 14.5 Å². The minimum atomic E-state index is -1.06. The number of carbonyl (C=O) groups excluding carboxylic acids is 2. The fraction of sp³-hybridized carbons (Fsp3) is 0.138. The van der Waals surface area contributed by atoms with Crippen LogP contribution in [-0.2, 0) is 15.3 Å². The van der Waals surface area contributed by atoms with E-state index in [9.17, 15) is 14.7 Å². The highest BCUT2D eigenvalue weighted by molar-refractivity contribution is 8.00. The molecule has 1 aliphatic heterocycles. The van der Waals surface area contributed by atoms with Crippen molar-refractivity contribution in [1.82, 2.24) is 19.6 Å². The van der Waals surface area contributed by atoms with Gasteiger partial charge in [0.05, 0.1) is 27.4 Å². The molecule has 13 heteroatoms. The third-order valence-electron chi connectivity index (χ3n) is 6.92. The van der Waals surface area contributed by atoms with Gasteiger partial charge in [-0.2, -0.15) is 0 Å². The molecule has 8 nitrogen and oxygen atoms in total. The number of halogens is 3. The molecule has 0 saturated carbocycles. The van der Waals surface area contributed by atoms with E-state index in [2.05, 4.69) is 15.2 Å². The van der Waals surface area contributed by atoms with E-state index in [1.165, 1.54) is 16.7 Å². The largest absolute Gasteiger partial charge is 0.505 e. The van der Waals surface area contributed by atoms with Gasteiger partial charge < -0.3 is 9.51 Å². The molecule has 1 fully saturated rings. The van der Waals surface area contributed by atoms with Gasteiger partial charge in [-0.05, 0) is 54.8 Å². The Bertz CT molecular complexity index is 1940. The first-order valence-corrected chi connectivity index (χ1v) is 15.5. The molecule has 1 N–H and O–H groups in total. The average Bonchev–Trinajstić information content (AvgIpc) is 3.65. The number of imidazole rings is 1. The molecule has 0 bridgehead atoms. The molecular formula is C29H20Cl3N5O3S2. The van der Waals surface area contributed by atoms with Crippen molar-refractivity contribution in [3.8, 4) is 0 Å². The number of benzene rings is 2. The van der Waals surface area contributed by atoms with Crippen molar-refractivity contribution >= 4 is 86.1 Å². The Morgan fingerprint density at radius 2 is 1.79 bits per heavy atom. The zero-order valence-electron chi connectivity index (χ0n) is 22.0. The van der Waals surface area contributed by atoms with Gasteiger partial charge in [-0.25, -0.2) is 4.98 Å². The van der Waals surface area contributed by atoms with Crippen molar-refractivity contribution in [3.05, 3.63) is 110 Å². The first-order chi connectivity index (χ1) is 20.2. The zero-order chi connectivity index (χ0) is 29.7. The summed E-state index contributed by atoms with van der Waals surface area (Å²) in [4.78, 5) is 33.1. The van der Waals surface area contributed by atoms with Crippen LogP contribution >= 0.6 is 57.9 Å². The molecule has 4 heterocycles. The number of rotatable bonds is 6. The van der Waals surface area contributed by atoms with Crippen LogP contribution in [0, 0.1) is 13.8 Å². The number of carbonyl (C=O) groups is 2. The Morgan fingerprint density at radius 3 is 2.52 bits per heavy atom. The number of aromatic nitrogens is 4. The number of hydrogen-bond donors (Lipinski definition) is 1. The van der Waals surface area contributed by atoms with Gasteiger partial charge in [0.25, 0.3) is 5.78 Å². The minimum Gasteiger partial charge on any atom is -0.505 e. The number of aliphatic hydroxyl groups excluding tert-OH is 1. The second-order valence-electron chi connectivity index (χ2n) is 9.50. The number of aryl methyl sites for hydroxylation is 2. The van der Waals surface area contributed by atoms with Crippen molar-refractivity contribution in [2.45, 2.75) is 30.0 Å². The highest BCUT2D eigenvalue weighted by Crippen LogP contribution is 2.45. The summed E-state index contributed by atoms with van der Waals surface area (Å²) in [5.74, 6) is -1.60. The number of hydrogen-bond acceptors (Lipinski definition) is 8. The summed E-state index contributed by atoms with van der Waals surface area (Å²) in [5.41, 5.74) is 3.57. The summed E-state index contributed by atoms with van der Waals surface area (Å²) < 4.78 is 2.40. The monoisotopic (exact) mass is 655 g/mol. The lowest BCUT2D eigenvalue weighted by Gasteiger charge is -2.22. The lowest BCUT2D eigenvalue weighted by atomic mass is 9.96. The van der Waals surface area contributed by atoms with E-state index in [0.29, 0.717) is 37.0 Å². The van der Waals surface area contributed by atoms with E-state index in [1.54, 1.807) is 25.1 Å². The molecule has 0 spiro atoms. The molecule has 212 valence electrons. The van der Waals surface area contributed by atoms with Crippen LogP contribution in [0.15, 0.2) is 70.7 Å². The Hall–Kier alpha value is -3.41. The Balaban J connectivity index is 1.46. The fourth-order valence-electron chi connectivity index (χ4n) is 4.81. The fourth-order valence-corrected chi connectivity index (χ4v) is 7.27. The van der Waals surface area contributed by atoms with Crippen molar-refractivity contribution in [1.29, 1.82) is 0 Å². The maximum atomic E-state index is 13.6. The SMILES string of the molecule is Cc1cccn2c(C)c(C(O)=C3C(=O)C(=O)N(c4nnc(SCc5ccccc5Cl)s4)C3c3ccc(Cl)c(Cl)c3)nc12. The van der Waals surface area contributed by atoms with E-state index in [1.807, 2.05) is 53.9 Å². The molecule has 1 saturated heterocycles. The molecular weight excluding hydrogens is 637 g/mol. The molecule has 1 atom stereocenters. The molecule has 42 heavy (non-hydrogen) atoms. The summed E-state index contributed by atoms with van der Waals surface area (Å²) in [6.07, 6.45) is 1.82. The third-order valence-corrected chi connectivity index (χ3v) is 10.1. The molecule has 5 aromatic rings. The Morgan fingerprint density at radius 1 is 1.00 bits per heavy atom. The first-order valence-electron chi connectivity index (χ1n) is 12.6. The van der Waals surface area contributed by atoms with Gasteiger partial charge in [0.15, 0.2) is 10.1 Å². The second-order valence-corrected chi connectivity index (χ2v) is 12.9. The normalized spacial score (nSPS) is 16.6. The van der Waals surface area contributed by atoms with Gasteiger partial charge in [0.2, 0.25) is 5.13 Å². The van der Waals surface area contributed by atoms with E-state index in [0.717, 1.165) is 22.5 Å². The second kappa shape index (κ2) is 11.3. The lowest BCUT2D eigenvalue weighted by Crippen LogP contribution is -2.29. The number of ketones is 1. The van der Waals surface area contributed by atoms with E-state index < -0.39 is 23.5 Å². The zero-order valence-corrected chi connectivity index (χ0v) is 25.9. The number of fused-ring (bicyclic) bond motifs is 1. The first kappa shape index (κ1) is 28.7. The molecule has 3 aromatic heterocycles. The quantitative estimate of drug-likeness (QED) is 0.0658. The van der Waals surface area contributed by atoms with Crippen LogP contribution in [-0.4, -0.2) is 36.4 Å². The van der Waals surface area contributed by atoms with Crippen molar-refractivity contribution in [2.75, 3.05) is 4.90 Å². The topological polar surface area (TPSA) is 101 Å². The third kappa shape index (κ3) is 4.97. The Kier molecular flexibility index (Phi) is 7.75. The van der Waals surface area contributed by atoms with Crippen LogP contribution in [0.2, 0.25) is 15.1 Å². The van der Waals surface area contributed by atoms with Crippen LogP contribution in [0.4, 0.5) is 5.13 Å². The molecule has 1 unspecified atom stereocenters. The summed E-state index contributed by atoms with van der Waals surface area (Å²) in [6.45, 7) is 3.68. The summed E-state index contributed by atoms with van der Waals surface area (Å²) >= 11 is 21.4. The molecule has 6 rings (SSSR count). The number of thioether (sulfide) groups is 1. The van der Waals surface area contributed by atoms with Crippen LogP contribution in [0.1, 0.15) is 34.1 Å². The predicted molar refractivity (Wildman–Crippen MR) is 167 cm³/mol. The van der Waals surface area contributed by atoms with Gasteiger partial charge in [-0.1, -0.05) is 88.2 Å². The Labute approximate surface area is 263 Å². The predicted octanol–water partition coefficient (Wildman–Crippen LogP) is 7.68. The number of nitrogens with zero attached hydrogens (tertiary/aromatic N) is 5. The number of Topliss-reactive ketones (excluding diaryl/α,β-unsaturated/α-hetero) is 1. The van der Waals surface area contributed by atoms with E-state index in [4.69, 9.17) is 34.8 Å². The number of anilines is 1. The van der Waals surface area contributed by atoms with Crippen LogP contribution in [0.3, 0.4) is 0 Å². The smallest absolute Gasteiger partial charge is 0.301 e. The highest BCUT2D eigenvalue weighted by Gasteiger charge is 2.49. The summed E-state index contributed by atoms with van der Waals surface area (Å²) in [6, 6.07) is 15.0. The average molecular weight is 657 g/mol. The van der Waals surface area contributed by atoms with E-state index in [-0.39, 0.29) is 21.4 Å². The highest BCUT2D eigenvalue weighted by atomic mass is 35.5. The van der Waals surface area contributed by atoms with Crippen LogP contribution < -0.4 is 4.90 Å². The maximum absolute atomic E-state index is 13.6. The maximum Gasteiger partial charge on any atom is 0.301 e. The molecule has 1 aliphatic rings. The van der Waals surface area contributed by atoms with Gasteiger partial charge in [0.1, 0.15) is 11.3 Å². The number of aliphatic hydroxyl groups is 1. The summed E-state index contributed by atoms with van der Waals surface area (Å²) in [7, 11) is 0. The molecule has 0 radical (unpaired) electrons. The van der Waals surface area contributed by atoms with Crippen LogP contribution in [0.5, 0.6) is 0 Å². The lowest BCUT2D eigenvalue weighted by molar-refractivity contribution is -0.132. The molecule has 0 aliphatic carbocycles. The number of amides is 1. The molecule has 1 amide bonds. The van der Waals surface area contributed by atoms with Crippen molar-refractivity contribution < 1.29 is 14.7 Å². The van der Waals surface area contributed by atoms with Gasteiger partial charge in [-0.15, -0.1) is 10.2 Å². The van der Waals surface area contributed by atoms with E-state index >= 15 is 0 Å². The van der Waals surface area contributed by atoms with Crippen LogP contribution in [0.25, 0.3) is 11.4 Å². The summed E-state index contributed by atoms with van der Waals surface area (Å²) in [5, 5.41) is 21.5. The van der Waals surface area contributed by atoms with Gasteiger partial charge in [0, 0.05) is 17.0 Å².